The van der Waals surface area contributed by atoms with Crippen LogP contribution in [0.25, 0.3) is 0 Å². The largest absolute Gasteiger partial charge is 0.491 e. The van der Waals surface area contributed by atoms with Gasteiger partial charge in [-0.05, 0) is 49.9 Å². The van der Waals surface area contributed by atoms with E-state index in [9.17, 15) is 4.79 Å². The zero-order chi connectivity index (χ0) is 16.1. The minimum atomic E-state index is -0.0342. The second kappa shape index (κ2) is 7.79. The first-order valence-electron chi connectivity index (χ1n) is 8.58. The van der Waals surface area contributed by atoms with Crippen molar-refractivity contribution in [2.45, 2.75) is 38.3 Å². The molecule has 1 aromatic carbocycles. The zero-order valence-corrected chi connectivity index (χ0v) is 13.7. The predicted molar refractivity (Wildman–Crippen MR) is 88.8 cm³/mol. The number of carbonyl (C=O) groups is 1. The number of piperidine rings is 1. The van der Waals surface area contributed by atoms with E-state index < -0.39 is 0 Å². The second-order valence-electron chi connectivity index (χ2n) is 6.52. The highest BCUT2D eigenvalue weighted by molar-refractivity contribution is 5.94. The maximum Gasteiger partial charge on any atom is 0.251 e. The lowest BCUT2D eigenvalue weighted by Crippen LogP contribution is -2.50. The SMILES string of the molecule is CC1CCNCC1NC(=O)c1cccc(OCC2CCCO2)c1. The molecule has 1 amide bonds. The highest BCUT2D eigenvalue weighted by Gasteiger charge is 2.23. The van der Waals surface area contributed by atoms with Crippen molar-refractivity contribution in [2.75, 3.05) is 26.3 Å². The van der Waals surface area contributed by atoms with E-state index in [0.29, 0.717) is 18.1 Å². The van der Waals surface area contributed by atoms with Gasteiger partial charge in [0.15, 0.2) is 0 Å². The second-order valence-corrected chi connectivity index (χ2v) is 6.52. The van der Waals surface area contributed by atoms with Gasteiger partial charge in [0.2, 0.25) is 0 Å². The van der Waals surface area contributed by atoms with Gasteiger partial charge < -0.3 is 20.1 Å². The molecule has 3 atom stereocenters. The molecular formula is C18H26N2O3. The lowest BCUT2D eigenvalue weighted by Gasteiger charge is -2.30. The van der Waals surface area contributed by atoms with Gasteiger partial charge >= 0.3 is 0 Å². The van der Waals surface area contributed by atoms with Crippen molar-refractivity contribution in [1.29, 1.82) is 0 Å². The Hall–Kier alpha value is -1.59. The number of benzene rings is 1. The van der Waals surface area contributed by atoms with Crippen molar-refractivity contribution in [3.05, 3.63) is 29.8 Å². The number of amides is 1. The molecule has 1 aromatic rings. The fourth-order valence-electron chi connectivity index (χ4n) is 3.13. The van der Waals surface area contributed by atoms with Crippen molar-refractivity contribution < 1.29 is 14.3 Å². The van der Waals surface area contributed by atoms with Crippen molar-refractivity contribution >= 4 is 5.91 Å². The highest BCUT2D eigenvalue weighted by Crippen LogP contribution is 2.18. The van der Waals surface area contributed by atoms with Crippen LogP contribution in [-0.4, -0.2) is 44.4 Å². The van der Waals surface area contributed by atoms with Gasteiger partial charge in [-0.25, -0.2) is 0 Å². The molecule has 0 spiro atoms. The molecule has 0 saturated carbocycles. The number of rotatable bonds is 5. The lowest BCUT2D eigenvalue weighted by molar-refractivity contribution is 0.0679. The van der Waals surface area contributed by atoms with Crippen molar-refractivity contribution in [3.63, 3.8) is 0 Å². The summed E-state index contributed by atoms with van der Waals surface area (Å²) < 4.78 is 11.3. The molecule has 5 heteroatoms. The number of nitrogens with one attached hydrogen (secondary N) is 2. The molecule has 2 N–H and O–H groups in total. The molecule has 2 saturated heterocycles. The molecule has 23 heavy (non-hydrogen) atoms. The van der Waals surface area contributed by atoms with Crippen LogP contribution in [-0.2, 0) is 4.74 Å². The number of hydrogen-bond donors (Lipinski definition) is 2. The maximum atomic E-state index is 12.5. The first kappa shape index (κ1) is 16.3. The van der Waals surface area contributed by atoms with E-state index in [1.807, 2.05) is 24.3 Å². The highest BCUT2D eigenvalue weighted by atomic mass is 16.5. The Labute approximate surface area is 137 Å². The van der Waals surface area contributed by atoms with Gasteiger partial charge in [0.25, 0.3) is 5.91 Å². The Morgan fingerprint density at radius 1 is 1.43 bits per heavy atom. The van der Waals surface area contributed by atoms with E-state index in [1.165, 1.54) is 0 Å². The summed E-state index contributed by atoms with van der Waals surface area (Å²) in [7, 11) is 0. The average Bonchev–Trinajstić information content (AvgIpc) is 3.09. The fourth-order valence-corrected chi connectivity index (χ4v) is 3.13. The van der Waals surface area contributed by atoms with Crippen LogP contribution in [0.4, 0.5) is 0 Å². The van der Waals surface area contributed by atoms with Crippen molar-refractivity contribution in [2.24, 2.45) is 5.92 Å². The smallest absolute Gasteiger partial charge is 0.251 e. The van der Waals surface area contributed by atoms with E-state index in [0.717, 1.165) is 44.7 Å². The molecule has 0 bridgehead atoms. The molecule has 0 aliphatic carbocycles. The molecular weight excluding hydrogens is 292 g/mol. The normalized spacial score (nSPS) is 27.6. The first-order valence-corrected chi connectivity index (χ1v) is 8.58. The summed E-state index contributed by atoms with van der Waals surface area (Å²) in [6.45, 7) is 5.42. The molecule has 0 aromatic heterocycles. The van der Waals surface area contributed by atoms with Crippen LogP contribution in [0.5, 0.6) is 5.75 Å². The Morgan fingerprint density at radius 2 is 2.35 bits per heavy atom. The Bertz CT molecular complexity index is 529. The molecule has 0 radical (unpaired) electrons. The van der Waals surface area contributed by atoms with Crippen molar-refractivity contribution in [3.8, 4) is 5.75 Å². The van der Waals surface area contributed by atoms with E-state index >= 15 is 0 Å². The van der Waals surface area contributed by atoms with E-state index in [-0.39, 0.29) is 18.1 Å². The van der Waals surface area contributed by atoms with Crippen LogP contribution in [0, 0.1) is 5.92 Å². The van der Waals surface area contributed by atoms with Gasteiger partial charge in [0.1, 0.15) is 12.4 Å². The molecule has 3 rings (SSSR count). The number of ether oxygens (including phenoxy) is 2. The van der Waals surface area contributed by atoms with E-state index in [4.69, 9.17) is 9.47 Å². The summed E-state index contributed by atoms with van der Waals surface area (Å²) in [4.78, 5) is 12.5. The monoisotopic (exact) mass is 318 g/mol. The maximum absolute atomic E-state index is 12.5. The van der Waals surface area contributed by atoms with Crippen LogP contribution >= 0.6 is 0 Å². The quantitative estimate of drug-likeness (QED) is 0.871. The van der Waals surface area contributed by atoms with Crippen LogP contribution in [0.15, 0.2) is 24.3 Å². The van der Waals surface area contributed by atoms with Gasteiger partial charge in [-0.3, -0.25) is 4.79 Å². The number of carbonyl (C=O) groups excluding carboxylic acids is 1. The first-order chi connectivity index (χ1) is 11.2. The third kappa shape index (κ3) is 4.45. The summed E-state index contributed by atoms with van der Waals surface area (Å²) >= 11 is 0. The standard InChI is InChI=1S/C18H26N2O3/c1-13-7-8-19-11-17(13)20-18(21)14-4-2-5-15(10-14)23-12-16-6-3-9-22-16/h2,4-5,10,13,16-17,19H,3,6-9,11-12H2,1H3,(H,20,21). The third-order valence-corrected chi connectivity index (χ3v) is 4.70. The molecule has 2 fully saturated rings. The summed E-state index contributed by atoms with van der Waals surface area (Å²) in [5.41, 5.74) is 0.646. The minimum Gasteiger partial charge on any atom is -0.491 e. The Balaban J connectivity index is 1.56. The third-order valence-electron chi connectivity index (χ3n) is 4.70. The van der Waals surface area contributed by atoms with E-state index in [2.05, 4.69) is 17.6 Å². The summed E-state index contributed by atoms with van der Waals surface area (Å²) in [6.07, 6.45) is 3.42. The number of hydrogen-bond acceptors (Lipinski definition) is 4. The molecule has 2 heterocycles. The Morgan fingerprint density at radius 3 is 3.13 bits per heavy atom. The molecule has 3 unspecified atom stereocenters. The van der Waals surface area contributed by atoms with Gasteiger partial charge in [-0.15, -0.1) is 0 Å². The summed E-state index contributed by atoms with van der Waals surface area (Å²) in [5.74, 6) is 1.19. The van der Waals surface area contributed by atoms with E-state index in [1.54, 1.807) is 0 Å². The molecule has 2 aliphatic rings. The topological polar surface area (TPSA) is 59.6 Å². The predicted octanol–water partition coefficient (Wildman–Crippen LogP) is 1.97. The fraction of sp³-hybridized carbons (Fsp3) is 0.611. The van der Waals surface area contributed by atoms with Gasteiger partial charge in [0.05, 0.1) is 6.10 Å². The Kier molecular flexibility index (Phi) is 5.51. The van der Waals surface area contributed by atoms with Gasteiger partial charge in [-0.2, -0.15) is 0 Å². The minimum absolute atomic E-state index is 0.0342. The van der Waals surface area contributed by atoms with Gasteiger partial charge in [-0.1, -0.05) is 13.0 Å². The molecule has 126 valence electrons. The lowest BCUT2D eigenvalue weighted by atomic mass is 9.94. The average molecular weight is 318 g/mol. The molecule has 5 nitrogen and oxygen atoms in total. The van der Waals surface area contributed by atoms with Crippen molar-refractivity contribution in [1.82, 2.24) is 10.6 Å². The van der Waals surface area contributed by atoms with Crippen LogP contribution in [0.2, 0.25) is 0 Å². The molecule has 2 aliphatic heterocycles. The zero-order valence-electron chi connectivity index (χ0n) is 13.7. The van der Waals surface area contributed by atoms with Crippen LogP contribution < -0.4 is 15.4 Å². The summed E-state index contributed by atoms with van der Waals surface area (Å²) in [6, 6.07) is 7.58. The van der Waals surface area contributed by atoms with Crippen LogP contribution in [0.1, 0.15) is 36.5 Å². The van der Waals surface area contributed by atoms with Gasteiger partial charge in [0, 0.05) is 24.8 Å². The summed E-state index contributed by atoms with van der Waals surface area (Å²) in [5, 5.41) is 6.46. The van der Waals surface area contributed by atoms with Crippen LogP contribution in [0.3, 0.4) is 0 Å².